The van der Waals surface area contributed by atoms with Crippen molar-refractivity contribution in [2.75, 3.05) is 7.11 Å². The van der Waals surface area contributed by atoms with Crippen LogP contribution < -0.4 is 10.1 Å². The van der Waals surface area contributed by atoms with Gasteiger partial charge in [0, 0.05) is 11.6 Å². The van der Waals surface area contributed by atoms with Crippen molar-refractivity contribution < 1.29 is 9.53 Å². The summed E-state index contributed by atoms with van der Waals surface area (Å²) < 4.78 is 5.49. The van der Waals surface area contributed by atoms with Crippen LogP contribution in [0.25, 0.3) is 0 Å². The molecule has 2 atom stereocenters. The van der Waals surface area contributed by atoms with Gasteiger partial charge in [-0.05, 0) is 31.2 Å². The summed E-state index contributed by atoms with van der Waals surface area (Å²) in [6, 6.07) is 8.27. The highest BCUT2D eigenvalue weighted by molar-refractivity contribution is 5.85. The summed E-state index contributed by atoms with van der Waals surface area (Å²) in [5.74, 6) is 1.38. The number of carbonyl (C=O) groups is 1. The van der Waals surface area contributed by atoms with Gasteiger partial charge in [-0.25, -0.2) is 0 Å². The van der Waals surface area contributed by atoms with Crippen LogP contribution in [-0.2, 0) is 4.79 Å². The van der Waals surface area contributed by atoms with Crippen molar-refractivity contribution in [3.63, 3.8) is 0 Å². The van der Waals surface area contributed by atoms with E-state index >= 15 is 0 Å². The molecule has 1 amide bonds. The topological polar surface area (TPSA) is 41.6 Å². The predicted molar refractivity (Wildman–Crippen MR) is 82.0 cm³/mol. The Hall–Kier alpha value is -1.55. The first-order valence-corrected chi connectivity index (χ1v) is 7.84. The minimum Gasteiger partial charge on any atom is -0.496 e. The second kappa shape index (κ2) is 5.68. The van der Waals surface area contributed by atoms with Crippen LogP contribution >= 0.6 is 0 Å². The van der Waals surface area contributed by atoms with E-state index in [-0.39, 0.29) is 18.1 Å². The summed E-state index contributed by atoms with van der Waals surface area (Å²) >= 11 is 0. The van der Waals surface area contributed by atoms with Crippen molar-refractivity contribution in [2.45, 2.75) is 51.4 Å². The Morgan fingerprint density at radius 1 is 1.29 bits per heavy atom. The van der Waals surface area contributed by atoms with E-state index < -0.39 is 0 Å². The van der Waals surface area contributed by atoms with Crippen LogP contribution in [0, 0.1) is 5.92 Å². The fourth-order valence-electron chi connectivity index (χ4n) is 3.27. The summed E-state index contributed by atoms with van der Waals surface area (Å²) in [6.07, 6.45) is 3.39. The zero-order chi connectivity index (χ0) is 15.0. The van der Waals surface area contributed by atoms with E-state index in [9.17, 15) is 4.79 Å². The molecule has 0 bridgehead atoms. The van der Waals surface area contributed by atoms with Gasteiger partial charge in [0.25, 0.3) is 0 Å². The average Bonchev–Trinajstić information content (AvgIpc) is 2.75. The number of amides is 1. The highest BCUT2D eigenvalue weighted by atomic mass is 16.5. The molecule has 2 aliphatic rings. The van der Waals surface area contributed by atoms with E-state index in [1.165, 1.54) is 6.42 Å². The molecule has 21 heavy (non-hydrogen) atoms. The van der Waals surface area contributed by atoms with Crippen LogP contribution in [0.4, 0.5) is 0 Å². The van der Waals surface area contributed by atoms with Gasteiger partial charge in [0.15, 0.2) is 0 Å². The molecule has 4 nitrogen and oxygen atoms in total. The van der Waals surface area contributed by atoms with Gasteiger partial charge in [-0.1, -0.05) is 32.0 Å². The standard InChI is InChI=1S/C17H24N2O2/c1-11(2)15-17(20)19(12-7-6-8-12)16(18-15)13-9-4-5-10-14(13)21-3/h4-5,9-12,15-16,18H,6-8H2,1-3H3. The molecule has 0 radical (unpaired) electrons. The van der Waals surface area contributed by atoms with Crippen LogP contribution in [0.1, 0.15) is 44.8 Å². The Morgan fingerprint density at radius 2 is 2.00 bits per heavy atom. The molecule has 1 heterocycles. The number of nitrogens with zero attached hydrogens (tertiary/aromatic N) is 1. The number of benzene rings is 1. The highest BCUT2D eigenvalue weighted by Crippen LogP contribution is 2.39. The van der Waals surface area contributed by atoms with Crippen molar-refractivity contribution in [1.29, 1.82) is 0 Å². The number of nitrogens with one attached hydrogen (secondary N) is 1. The first-order valence-electron chi connectivity index (χ1n) is 7.84. The summed E-state index contributed by atoms with van der Waals surface area (Å²) in [5, 5.41) is 3.53. The first-order chi connectivity index (χ1) is 10.1. The molecule has 1 aromatic rings. The Morgan fingerprint density at radius 3 is 2.57 bits per heavy atom. The monoisotopic (exact) mass is 288 g/mol. The summed E-state index contributed by atoms with van der Waals surface area (Å²) in [5.41, 5.74) is 1.06. The third-order valence-corrected chi connectivity index (χ3v) is 4.70. The maximum absolute atomic E-state index is 12.8. The van der Waals surface area contributed by atoms with Crippen LogP contribution in [0.5, 0.6) is 5.75 Å². The number of carbonyl (C=O) groups excluding carboxylic acids is 1. The van der Waals surface area contributed by atoms with E-state index in [1.54, 1.807) is 7.11 Å². The lowest BCUT2D eigenvalue weighted by molar-refractivity contribution is -0.134. The quantitative estimate of drug-likeness (QED) is 0.926. The Labute approximate surface area is 126 Å². The predicted octanol–water partition coefficient (Wildman–Crippen LogP) is 2.70. The van der Waals surface area contributed by atoms with Crippen molar-refractivity contribution in [2.24, 2.45) is 5.92 Å². The fourth-order valence-corrected chi connectivity index (χ4v) is 3.27. The zero-order valence-corrected chi connectivity index (χ0v) is 13.0. The second-order valence-corrected chi connectivity index (χ2v) is 6.36. The molecular formula is C17H24N2O2. The van der Waals surface area contributed by atoms with Gasteiger partial charge in [-0.3, -0.25) is 10.1 Å². The number of hydrogen-bond donors (Lipinski definition) is 1. The zero-order valence-electron chi connectivity index (χ0n) is 13.0. The molecule has 2 unspecified atom stereocenters. The molecule has 1 aromatic carbocycles. The lowest BCUT2D eigenvalue weighted by Gasteiger charge is -2.38. The third kappa shape index (κ3) is 2.42. The smallest absolute Gasteiger partial charge is 0.241 e. The Balaban J connectivity index is 1.96. The summed E-state index contributed by atoms with van der Waals surface area (Å²) in [4.78, 5) is 14.8. The Kier molecular flexibility index (Phi) is 3.89. The van der Waals surface area contributed by atoms with E-state index in [0.29, 0.717) is 12.0 Å². The molecule has 1 aliphatic heterocycles. The van der Waals surface area contributed by atoms with E-state index in [1.807, 2.05) is 18.2 Å². The van der Waals surface area contributed by atoms with Gasteiger partial charge in [-0.2, -0.15) is 0 Å². The van der Waals surface area contributed by atoms with E-state index in [4.69, 9.17) is 4.74 Å². The molecule has 2 fully saturated rings. The minimum atomic E-state index is -0.0967. The summed E-state index contributed by atoms with van der Waals surface area (Å²) in [6.45, 7) is 4.19. The molecular weight excluding hydrogens is 264 g/mol. The average molecular weight is 288 g/mol. The van der Waals surface area contributed by atoms with Crippen molar-refractivity contribution >= 4 is 5.91 Å². The van der Waals surface area contributed by atoms with Gasteiger partial charge in [0.05, 0.1) is 13.2 Å². The summed E-state index contributed by atoms with van der Waals surface area (Å²) in [7, 11) is 1.68. The number of rotatable bonds is 4. The third-order valence-electron chi connectivity index (χ3n) is 4.70. The lowest BCUT2D eigenvalue weighted by Crippen LogP contribution is -2.44. The Bertz CT molecular complexity index is 525. The first kappa shape index (κ1) is 14.4. The minimum absolute atomic E-state index is 0.0636. The van der Waals surface area contributed by atoms with Crippen molar-refractivity contribution in [3.8, 4) is 5.75 Å². The number of para-hydroxylation sites is 1. The lowest BCUT2D eigenvalue weighted by atomic mass is 9.90. The van der Waals surface area contributed by atoms with Crippen LogP contribution in [0.15, 0.2) is 24.3 Å². The van der Waals surface area contributed by atoms with E-state index in [2.05, 4.69) is 30.1 Å². The fraction of sp³-hybridized carbons (Fsp3) is 0.588. The largest absolute Gasteiger partial charge is 0.496 e. The van der Waals surface area contributed by atoms with E-state index in [0.717, 1.165) is 24.2 Å². The van der Waals surface area contributed by atoms with Crippen LogP contribution in [0.3, 0.4) is 0 Å². The molecule has 1 N–H and O–H groups in total. The molecule has 4 heteroatoms. The molecule has 0 spiro atoms. The second-order valence-electron chi connectivity index (χ2n) is 6.36. The van der Waals surface area contributed by atoms with Gasteiger partial charge >= 0.3 is 0 Å². The van der Waals surface area contributed by atoms with Crippen molar-refractivity contribution in [3.05, 3.63) is 29.8 Å². The molecule has 1 aliphatic carbocycles. The SMILES string of the molecule is COc1ccccc1C1NC(C(C)C)C(=O)N1C1CCC1. The molecule has 0 aromatic heterocycles. The molecule has 1 saturated heterocycles. The van der Waals surface area contributed by atoms with Gasteiger partial charge < -0.3 is 9.64 Å². The van der Waals surface area contributed by atoms with Gasteiger partial charge in [0.2, 0.25) is 5.91 Å². The van der Waals surface area contributed by atoms with Crippen LogP contribution in [-0.4, -0.2) is 30.0 Å². The highest BCUT2D eigenvalue weighted by Gasteiger charge is 2.46. The van der Waals surface area contributed by atoms with Gasteiger partial charge in [0.1, 0.15) is 11.9 Å². The number of hydrogen-bond acceptors (Lipinski definition) is 3. The molecule has 1 saturated carbocycles. The normalized spacial score (nSPS) is 26.3. The number of methoxy groups -OCH3 is 1. The van der Waals surface area contributed by atoms with Crippen LogP contribution in [0.2, 0.25) is 0 Å². The maximum atomic E-state index is 12.8. The molecule has 3 rings (SSSR count). The maximum Gasteiger partial charge on any atom is 0.241 e. The van der Waals surface area contributed by atoms with Gasteiger partial charge in [-0.15, -0.1) is 0 Å². The van der Waals surface area contributed by atoms with Crippen molar-refractivity contribution in [1.82, 2.24) is 10.2 Å². The molecule has 114 valence electrons. The number of ether oxygens (including phenoxy) is 1.